The summed E-state index contributed by atoms with van der Waals surface area (Å²) in [5, 5.41) is 0. The lowest BCUT2D eigenvalue weighted by atomic mass is 9.81. The van der Waals surface area contributed by atoms with E-state index in [4.69, 9.17) is 4.74 Å². The maximum absolute atomic E-state index is 12.1. The molecule has 0 N–H and O–H groups in total. The van der Waals surface area contributed by atoms with Crippen LogP contribution >= 0.6 is 0 Å². The zero-order valence-electron chi connectivity index (χ0n) is 32.7. The van der Waals surface area contributed by atoms with Crippen LogP contribution in [-0.4, -0.2) is 26.8 Å². The van der Waals surface area contributed by atoms with E-state index < -0.39 is 0 Å². The summed E-state index contributed by atoms with van der Waals surface area (Å²) in [6.07, 6.45) is 20.8. The van der Waals surface area contributed by atoms with Crippen LogP contribution in [0.15, 0.2) is 58.4 Å². The molecule has 7 heteroatoms. The van der Waals surface area contributed by atoms with Crippen molar-refractivity contribution in [3.05, 3.63) is 114 Å². The molecule has 2 aromatic carbocycles. The van der Waals surface area contributed by atoms with Crippen molar-refractivity contribution in [2.75, 3.05) is 0 Å². The van der Waals surface area contributed by atoms with Crippen molar-refractivity contribution in [3.8, 4) is 22.3 Å². The van der Waals surface area contributed by atoms with E-state index >= 15 is 0 Å². The Morgan fingerprint density at radius 3 is 1.89 bits per heavy atom. The topological polar surface area (TPSA) is 87.4 Å². The molecule has 2 fully saturated rings. The lowest BCUT2D eigenvalue weighted by Gasteiger charge is -2.23. The van der Waals surface area contributed by atoms with Gasteiger partial charge in [0.1, 0.15) is 11.6 Å². The zero-order chi connectivity index (χ0) is 37.9. The molecule has 2 saturated carbocycles. The Labute approximate surface area is 319 Å². The number of hydrogen-bond donors (Lipinski definition) is 0. The van der Waals surface area contributed by atoms with Crippen LogP contribution in [0.5, 0.6) is 0 Å². The Bertz CT molecular complexity index is 2050. The van der Waals surface area contributed by atoms with E-state index in [-0.39, 0.29) is 11.1 Å². The van der Waals surface area contributed by atoms with E-state index in [2.05, 4.69) is 24.3 Å². The number of aryl methyl sites for hydroxylation is 5. The van der Waals surface area contributed by atoms with Crippen LogP contribution in [0.3, 0.4) is 0 Å². The number of nitrogens with zero attached hydrogens (tertiary/aromatic N) is 2. The first kappa shape index (κ1) is 37.9. The number of carbonyl (C=O) groups is 2. The number of ketones is 2. The summed E-state index contributed by atoms with van der Waals surface area (Å²) in [5.41, 5.74) is 13.7. The Balaban J connectivity index is 0.000000167. The monoisotopic (exact) mass is 728 g/mol. The third-order valence-corrected chi connectivity index (χ3v) is 12.5. The molecule has 0 atom stereocenters. The van der Waals surface area contributed by atoms with Crippen LogP contribution in [-0.2, 0) is 67.1 Å². The van der Waals surface area contributed by atoms with Gasteiger partial charge in [0.15, 0.2) is 0 Å². The predicted octanol–water partition coefficient (Wildman–Crippen LogP) is 8.42. The minimum atomic E-state index is 0.0334. The van der Waals surface area contributed by atoms with Gasteiger partial charge in [0.25, 0.3) is 11.1 Å². The first-order chi connectivity index (χ1) is 26.0. The molecule has 0 spiro atoms. The van der Waals surface area contributed by atoms with Gasteiger partial charge in [0.2, 0.25) is 0 Å². The first-order valence-electron chi connectivity index (χ1n) is 20.3. The molecule has 4 aliphatic rings. The number of Topliss-reactive ketones (excluding diaryl/α,β-unsaturated/α-hetero) is 2. The molecule has 0 bridgehead atoms. The van der Waals surface area contributed by atoms with Gasteiger partial charge in [-0.15, -0.1) is 0 Å². The minimum Gasteiger partial charge on any atom is -0.374 e. The highest BCUT2D eigenvalue weighted by atomic mass is 16.5. The van der Waals surface area contributed by atoms with E-state index in [1.54, 1.807) is 16.2 Å². The van der Waals surface area contributed by atoms with Crippen LogP contribution in [0.25, 0.3) is 22.3 Å². The highest BCUT2D eigenvalue weighted by Gasteiger charge is 2.24. The Kier molecular flexibility index (Phi) is 11.6. The molecule has 4 aromatic rings. The Morgan fingerprint density at radius 1 is 0.648 bits per heavy atom. The molecular weight excluding hydrogens is 673 g/mol. The number of ether oxygens (including phenoxy) is 1. The van der Waals surface area contributed by atoms with Crippen molar-refractivity contribution in [2.24, 2.45) is 20.0 Å². The fourth-order valence-corrected chi connectivity index (χ4v) is 9.40. The number of carbonyl (C=O) groups excluding carboxylic acids is 2. The molecule has 2 aromatic heterocycles. The summed E-state index contributed by atoms with van der Waals surface area (Å²) in [4.78, 5) is 48.1. The standard InChI is InChI=1S/C24H29NO2.C23H27NO3/c1-16-13-19(15-25(2)24(16)27)22-11-8-18-14-20(26)9-12-21(18)23(22)10-7-17-5-3-4-6-17;1-15-9-18(13-24(2)23(15)26)22-12-16-7-8-20(25)11-17(16)10-19(22)14-27-21-5-3-4-6-21/h8,11,13,15,17H,3-7,9-10,12,14H2,1-2H3;9-10,12-13,21H,3-8,11,14H2,1-2H3. The zero-order valence-corrected chi connectivity index (χ0v) is 32.7. The van der Waals surface area contributed by atoms with Gasteiger partial charge < -0.3 is 13.9 Å². The number of rotatable bonds is 8. The molecule has 4 aliphatic carbocycles. The van der Waals surface area contributed by atoms with E-state index in [9.17, 15) is 19.2 Å². The number of hydrogen-bond acceptors (Lipinski definition) is 5. The fourth-order valence-electron chi connectivity index (χ4n) is 9.40. The van der Waals surface area contributed by atoms with Crippen molar-refractivity contribution < 1.29 is 14.3 Å². The van der Waals surface area contributed by atoms with Crippen LogP contribution in [0.4, 0.5) is 0 Å². The van der Waals surface area contributed by atoms with Gasteiger partial charge in [-0.1, -0.05) is 62.8 Å². The summed E-state index contributed by atoms with van der Waals surface area (Å²) in [5.74, 6) is 1.52. The average molecular weight is 729 g/mol. The second-order valence-electron chi connectivity index (χ2n) is 16.5. The van der Waals surface area contributed by atoms with Crippen molar-refractivity contribution >= 4 is 11.6 Å². The lowest BCUT2D eigenvalue weighted by Crippen LogP contribution is -2.19. The van der Waals surface area contributed by atoms with Gasteiger partial charge >= 0.3 is 0 Å². The van der Waals surface area contributed by atoms with Gasteiger partial charge in [0, 0.05) is 63.3 Å². The maximum Gasteiger partial charge on any atom is 0.253 e. The Hall–Kier alpha value is -4.36. The number of aromatic nitrogens is 2. The first-order valence-corrected chi connectivity index (χ1v) is 20.3. The van der Waals surface area contributed by atoms with Gasteiger partial charge in [0.05, 0.1) is 12.7 Å². The quantitative estimate of drug-likeness (QED) is 0.182. The highest BCUT2D eigenvalue weighted by Crippen LogP contribution is 2.36. The summed E-state index contributed by atoms with van der Waals surface area (Å²) in [7, 11) is 3.62. The van der Waals surface area contributed by atoms with Crippen LogP contribution in [0.2, 0.25) is 0 Å². The van der Waals surface area contributed by atoms with E-state index in [0.29, 0.717) is 50.0 Å². The smallest absolute Gasteiger partial charge is 0.253 e. The molecule has 2 heterocycles. The molecule has 7 nitrogen and oxygen atoms in total. The van der Waals surface area contributed by atoms with Crippen molar-refractivity contribution in [1.29, 1.82) is 0 Å². The largest absolute Gasteiger partial charge is 0.374 e. The van der Waals surface area contributed by atoms with Crippen molar-refractivity contribution in [1.82, 2.24) is 9.13 Å². The third kappa shape index (κ3) is 8.47. The minimum absolute atomic E-state index is 0.0334. The highest BCUT2D eigenvalue weighted by molar-refractivity contribution is 5.85. The summed E-state index contributed by atoms with van der Waals surface area (Å²) >= 11 is 0. The second kappa shape index (κ2) is 16.6. The van der Waals surface area contributed by atoms with E-state index in [0.717, 1.165) is 77.0 Å². The molecule has 0 saturated heterocycles. The Morgan fingerprint density at radius 2 is 1.24 bits per heavy atom. The molecule has 0 radical (unpaired) electrons. The summed E-state index contributed by atoms with van der Waals surface area (Å²) < 4.78 is 9.54. The molecule has 284 valence electrons. The van der Waals surface area contributed by atoms with Crippen LogP contribution in [0, 0.1) is 19.8 Å². The lowest BCUT2D eigenvalue weighted by molar-refractivity contribution is -0.119. The number of benzene rings is 2. The molecular formula is C47H56N2O5. The summed E-state index contributed by atoms with van der Waals surface area (Å²) in [6, 6.07) is 12.7. The van der Waals surface area contributed by atoms with Gasteiger partial charge in [-0.05, 0) is 126 Å². The molecule has 54 heavy (non-hydrogen) atoms. The average Bonchev–Trinajstić information content (AvgIpc) is 3.89. The normalized spacial score (nSPS) is 17.3. The predicted molar refractivity (Wildman–Crippen MR) is 215 cm³/mol. The van der Waals surface area contributed by atoms with E-state index in [1.165, 1.54) is 72.8 Å². The van der Waals surface area contributed by atoms with E-state index in [1.807, 2.05) is 45.4 Å². The SMILES string of the molecule is Cc1cc(-c2cc3c(cc2COC2CCCC2)CC(=O)CC3)cn(C)c1=O.Cc1cc(-c2ccc3c(c2CCC2CCCC2)CCC(=O)C3)cn(C)c1=O. The maximum atomic E-state index is 12.1. The number of fused-ring (bicyclic) bond motifs is 2. The molecule has 0 aliphatic heterocycles. The van der Waals surface area contributed by atoms with Gasteiger partial charge in [-0.3, -0.25) is 19.2 Å². The summed E-state index contributed by atoms with van der Waals surface area (Å²) in [6.45, 7) is 4.31. The van der Waals surface area contributed by atoms with Crippen LogP contribution in [0.1, 0.15) is 115 Å². The molecule has 8 rings (SSSR count). The van der Waals surface area contributed by atoms with Gasteiger partial charge in [-0.2, -0.15) is 0 Å². The van der Waals surface area contributed by atoms with Gasteiger partial charge in [-0.25, -0.2) is 0 Å². The number of pyridine rings is 2. The fraction of sp³-hybridized carbons (Fsp3) is 0.489. The second-order valence-corrected chi connectivity index (χ2v) is 16.5. The van der Waals surface area contributed by atoms with Crippen LogP contribution < -0.4 is 11.1 Å². The van der Waals surface area contributed by atoms with Crippen molar-refractivity contribution in [3.63, 3.8) is 0 Å². The molecule has 0 amide bonds. The molecule has 0 unspecified atom stereocenters. The third-order valence-electron chi connectivity index (χ3n) is 12.5. The van der Waals surface area contributed by atoms with Crippen molar-refractivity contribution in [2.45, 2.75) is 129 Å².